The lowest BCUT2D eigenvalue weighted by atomic mass is 9.90. The van der Waals surface area contributed by atoms with Crippen LogP contribution in [0.25, 0.3) is 11.0 Å². The Kier molecular flexibility index (Phi) is 6.37. The highest BCUT2D eigenvalue weighted by Crippen LogP contribution is 2.29. The molecule has 34 heavy (non-hydrogen) atoms. The second-order valence-electron chi connectivity index (χ2n) is 9.74. The van der Waals surface area contributed by atoms with Crippen molar-refractivity contribution in [2.75, 3.05) is 19.3 Å². The number of hydrogen-bond acceptors (Lipinski definition) is 6. The minimum absolute atomic E-state index is 0.123. The molecule has 0 atom stereocenters. The van der Waals surface area contributed by atoms with Crippen molar-refractivity contribution in [1.29, 1.82) is 0 Å². The second kappa shape index (κ2) is 8.98. The van der Waals surface area contributed by atoms with Crippen LogP contribution >= 0.6 is 0 Å². The fraction of sp³-hybridized carbons (Fsp3) is 0.458. The van der Waals surface area contributed by atoms with Crippen LogP contribution in [0.15, 0.2) is 41.7 Å². The largest absolute Gasteiger partial charge is 0.444 e. The van der Waals surface area contributed by atoms with E-state index in [1.165, 1.54) is 12.3 Å². The van der Waals surface area contributed by atoms with E-state index in [1.54, 1.807) is 34.0 Å². The summed E-state index contributed by atoms with van der Waals surface area (Å²) < 4.78 is 45.6. The van der Waals surface area contributed by atoms with Crippen molar-refractivity contribution in [3.05, 3.63) is 53.9 Å². The minimum Gasteiger partial charge on any atom is -0.444 e. The van der Waals surface area contributed by atoms with Crippen molar-refractivity contribution in [3.63, 3.8) is 0 Å². The first-order valence-corrected chi connectivity index (χ1v) is 13.1. The predicted octanol–water partition coefficient (Wildman–Crippen LogP) is 4.14. The number of fused-ring (bicyclic) bond motifs is 1. The van der Waals surface area contributed by atoms with Gasteiger partial charge in [0.1, 0.15) is 17.1 Å². The Morgan fingerprint density at radius 3 is 2.50 bits per heavy atom. The van der Waals surface area contributed by atoms with Gasteiger partial charge in [0.05, 0.1) is 17.1 Å². The molecule has 0 bridgehead atoms. The van der Waals surface area contributed by atoms with Crippen molar-refractivity contribution >= 4 is 27.0 Å². The van der Waals surface area contributed by atoms with Crippen LogP contribution in [-0.4, -0.2) is 58.9 Å². The van der Waals surface area contributed by atoms with E-state index in [9.17, 15) is 17.6 Å². The molecule has 1 amide bonds. The number of carbonyl (C=O) groups is 1. The number of ether oxygens (including phenoxy) is 1. The van der Waals surface area contributed by atoms with Crippen LogP contribution in [0.5, 0.6) is 0 Å². The van der Waals surface area contributed by atoms with Gasteiger partial charge in [0.2, 0.25) is 0 Å². The monoisotopic (exact) mass is 488 g/mol. The zero-order valence-corrected chi connectivity index (χ0v) is 20.6. The van der Waals surface area contributed by atoms with Crippen molar-refractivity contribution in [3.8, 4) is 0 Å². The molecule has 0 radical (unpaired) electrons. The fourth-order valence-corrected chi connectivity index (χ4v) is 4.68. The molecule has 10 heteroatoms. The Bertz CT molecular complexity index is 1320. The SMILES string of the molecule is CC(C)(C)OC(=O)N1CCC(c2cnc(Cn3ccc4cc(S(C)(=O)=O)cnc43)c(F)c2)CC1. The summed E-state index contributed by atoms with van der Waals surface area (Å²) in [6.45, 7) is 6.81. The Morgan fingerprint density at radius 2 is 1.88 bits per heavy atom. The molecule has 4 heterocycles. The number of hydrogen-bond donors (Lipinski definition) is 0. The van der Waals surface area contributed by atoms with Crippen molar-refractivity contribution in [2.45, 2.75) is 56.6 Å². The number of halogens is 1. The van der Waals surface area contributed by atoms with E-state index >= 15 is 0 Å². The summed E-state index contributed by atoms with van der Waals surface area (Å²) in [4.78, 5) is 22.7. The van der Waals surface area contributed by atoms with Crippen molar-refractivity contribution in [2.24, 2.45) is 0 Å². The molecular weight excluding hydrogens is 459 g/mol. The number of carbonyl (C=O) groups excluding carboxylic acids is 1. The summed E-state index contributed by atoms with van der Waals surface area (Å²) in [5.74, 6) is -0.278. The molecule has 1 fully saturated rings. The number of pyridine rings is 2. The molecule has 0 aliphatic carbocycles. The van der Waals surface area contributed by atoms with Gasteiger partial charge in [0.25, 0.3) is 0 Å². The van der Waals surface area contributed by atoms with Gasteiger partial charge >= 0.3 is 6.09 Å². The van der Waals surface area contributed by atoms with E-state index in [1.807, 2.05) is 20.8 Å². The number of nitrogens with zero attached hydrogens (tertiary/aromatic N) is 4. The van der Waals surface area contributed by atoms with Gasteiger partial charge in [-0.1, -0.05) is 0 Å². The van der Waals surface area contributed by atoms with Gasteiger partial charge < -0.3 is 14.2 Å². The molecule has 1 aliphatic heterocycles. The van der Waals surface area contributed by atoms with Crippen LogP contribution < -0.4 is 0 Å². The molecule has 0 saturated carbocycles. The van der Waals surface area contributed by atoms with Gasteiger partial charge in [0, 0.05) is 43.3 Å². The Balaban J connectivity index is 1.44. The third kappa shape index (κ3) is 5.38. The molecule has 0 spiro atoms. The number of likely N-dealkylation sites (tertiary alicyclic amines) is 1. The Hall–Kier alpha value is -3.01. The molecule has 3 aromatic rings. The Labute approximate surface area is 198 Å². The topological polar surface area (TPSA) is 94.4 Å². The van der Waals surface area contributed by atoms with Gasteiger partial charge in [-0.3, -0.25) is 4.98 Å². The van der Waals surface area contributed by atoms with E-state index in [0.29, 0.717) is 37.0 Å². The Morgan fingerprint density at radius 1 is 1.18 bits per heavy atom. The highest BCUT2D eigenvalue weighted by atomic mass is 32.2. The highest BCUT2D eigenvalue weighted by molar-refractivity contribution is 7.90. The number of amides is 1. The average molecular weight is 489 g/mol. The summed E-state index contributed by atoms with van der Waals surface area (Å²) in [5.41, 5.74) is 1.12. The number of aromatic nitrogens is 3. The van der Waals surface area contributed by atoms with Crippen LogP contribution in [0, 0.1) is 5.82 Å². The smallest absolute Gasteiger partial charge is 0.410 e. The maximum absolute atomic E-state index is 14.9. The quantitative estimate of drug-likeness (QED) is 0.548. The lowest BCUT2D eigenvalue weighted by Crippen LogP contribution is -2.41. The highest BCUT2D eigenvalue weighted by Gasteiger charge is 2.28. The molecule has 0 aromatic carbocycles. The number of piperidine rings is 1. The average Bonchev–Trinajstić information content (AvgIpc) is 3.15. The third-order valence-corrected chi connectivity index (χ3v) is 6.96. The van der Waals surface area contributed by atoms with Crippen LogP contribution in [0.1, 0.15) is 50.8 Å². The summed E-state index contributed by atoms with van der Waals surface area (Å²) >= 11 is 0. The summed E-state index contributed by atoms with van der Waals surface area (Å²) in [6.07, 6.45) is 7.00. The van der Waals surface area contributed by atoms with E-state index in [0.717, 1.165) is 11.8 Å². The standard InChI is InChI=1S/C24H29FN4O4S/c1-24(2,3)33-23(30)28-8-5-16(6-9-28)18-12-20(25)21(26-13-18)15-29-10-7-17-11-19(34(4,31)32)14-27-22(17)29/h7,10-14,16H,5-6,8-9,15H2,1-4H3. The molecular formula is C24H29FN4O4S. The second-order valence-corrected chi connectivity index (χ2v) is 11.8. The van der Waals surface area contributed by atoms with Crippen LogP contribution in [0.2, 0.25) is 0 Å². The minimum atomic E-state index is -3.36. The lowest BCUT2D eigenvalue weighted by molar-refractivity contribution is 0.0204. The van der Waals surface area contributed by atoms with E-state index in [2.05, 4.69) is 9.97 Å². The van der Waals surface area contributed by atoms with Crippen LogP contribution in [-0.2, 0) is 21.1 Å². The number of sulfone groups is 1. The first-order valence-electron chi connectivity index (χ1n) is 11.2. The summed E-state index contributed by atoms with van der Waals surface area (Å²) in [7, 11) is -3.36. The molecule has 182 valence electrons. The fourth-order valence-electron chi connectivity index (χ4n) is 4.09. The van der Waals surface area contributed by atoms with Crippen molar-refractivity contribution in [1.82, 2.24) is 19.4 Å². The maximum Gasteiger partial charge on any atom is 0.410 e. The first-order chi connectivity index (χ1) is 15.9. The number of rotatable bonds is 4. The van der Waals surface area contributed by atoms with E-state index < -0.39 is 21.3 Å². The molecule has 0 N–H and O–H groups in total. The molecule has 4 rings (SSSR count). The predicted molar refractivity (Wildman–Crippen MR) is 126 cm³/mol. The van der Waals surface area contributed by atoms with Crippen LogP contribution in [0.4, 0.5) is 9.18 Å². The molecule has 0 unspecified atom stereocenters. The molecule has 3 aromatic heterocycles. The maximum atomic E-state index is 14.9. The molecule has 8 nitrogen and oxygen atoms in total. The van der Waals surface area contributed by atoms with Crippen LogP contribution in [0.3, 0.4) is 0 Å². The molecule has 1 aliphatic rings. The van der Waals surface area contributed by atoms with E-state index in [-0.39, 0.29) is 29.1 Å². The lowest BCUT2D eigenvalue weighted by Gasteiger charge is -2.33. The normalized spacial score (nSPS) is 15.6. The van der Waals surface area contributed by atoms with Crippen molar-refractivity contribution < 1.29 is 22.3 Å². The van der Waals surface area contributed by atoms with Gasteiger partial charge in [-0.05, 0) is 63.3 Å². The third-order valence-electron chi connectivity index (χ3n) is 5.88. The zero-order chi connectivity index (χ0) is 24.7. The van der Waals surface area contributed by atoms with Gasteiger partial charge in [0.15, 0.2) is 9.84 Å². The zero-order valence-electron chi connectivity index (χ0n) is 19.8. The van der Waals surface area contributed by atoms with Gasteiger partial charge in [-0.25, -0.2) is 22.6 Å². The summed E-state index contributed by atoms with van der Waals surface area (Å²) in [6, 6.07) is 4.84. The summed E-state index contributed by atoms with van der Waals surface area (Å²) in [5, 5.41) is 0.664. The molecule has 1 saturated heterocycles. The van der Waals surface area contributed by atoms with Gasteiger partial charge in [-0.15, -0.1) is 0 Å². The van der Waals surface area contributed by atoms with Gasteiger partial charge in [-0.2, -0.15) is 0 Å². The first kappa shape index (κ1) is 24.1. The van der Waals surface area contributed by atoms with E-state index in [4.69, 9.17) is 4.74 Å².